The van der Waals surface area contributed by atoms with E-state index in [2.05, 4.69) is 5.32 Å². The number of nitrogens with one attached hydrogen (secondary N) is 1. The average Bonchev–Trinajstić information content (AvgIpc) is 2.52. The number of aliphatic hydroxyl groups is 1. The third-order valence-electron chi connectivity index (χ3n) is 3.56. The SMILES string of the molecule is CC(O)(CNC(=O)CCc1cccc(Cl)c1)c1ccccc1. The number of aryl methyl sites for hydroxylation is 1. The molecule has 0 aromatic heterocycles. The quantitative estimate of drug-likeness (QED) is 0.859. The van der Waals surface area contributed by atoms with E-state index < -0.39 is 5.60 Å². The molecule has 0 aliphatic carbocycles. The molecule has 2 N–H and O–H groups in total. The Morgan fingerprint density at radius 1 is 1.18 bits per heavy atom. The molecule has 2 aromatic rings. The molecule has 4 heteroatoms. The number of carbonyl (C=O) groups is 1. The van der Waals surface area contributed by atoms with Crippen LogP contribution < -0.4 is 5.32 Å². The Labute approximate surface area is 135 Å². The van der Waals surface area contributed by atoms with Crippen LogP contribution in [0.3, 0.4) is 0 Å². The first-order valence-corrected chi connectivity index (χ1v) is 7.64. The predicted molar refractivity (Wildman–Crippen MR) is 88.8 cm³/mol. The summed E-state index contributed by atoms with van der Waals surface area (Å²) in [4.78, 5) is 11.9. The second-order valence-corrected chi connectivity index (χ2v) is 5.98. The van der Waals surface area contributed by atoms with Crippen molar-refractivity contribution in [1.29, 1.82) is 0 Å². The van der Waals surface area contributed by atoms with Gasteiger partial charge in [-0.05, 0) is 36.6 Å². The van der Waals surface area contributed by atoms with Crippen LogP contribution in [0.1, 0.15) is 24.5 Å². The molecule has 2 rings (SSSR count). The van der Waals surface area contributed by atoms with Gasteiger partial charge in [0.1, 0.15) is 5.60 Å². The summed E-state index contributed by atoms with van der Waals surface area (Å²) in [6, 6.07) is 16.8. The largest absolute Gasteiger partial charge is 0.384 e. The minimum atomic E-state index is -1.08. The van der Waals surface area contributed by atoms with Crippen molar-refractivity contribution < 1.29 is 9.90 Å². The maximum absolute atomic E-state index is 11.9. The zero-order valence-electron chi connectivity index (χ0n) is 12.6. The highest BCUT2D eigenvalue weighted by molar-refractivity contribution is 6.30. The summed E-state index contributed by atoms with van der Waals surface area (Å²) in [6.45, 7) is 1.88. The molecule has 1 unspecified atom stereocenters. The van der Waals surface area contributed by atoms with Crippen molar-refractivity contribution in [2.45, 2.75) is 25.4 Å². The third kappa shape index (κ3) is 4.86. The van der Waals surface area contributed by atoms with E-state index in [0.717, 1.165) is 11.1 Å². The fourth-order valence-electron chi connectivity index (χ4n) is 2.21. The second kappa shape index (κ2) is 7.43. The van der Waals surface area contributed by atoms with E-state index in [-0.39, 0.29) is 12.5 Å². The van der Waals surface area contributed by atoms with Crippen LogP contribution in [0.4, 0.5) is 0 Å². The summed E-state index contributed by atoms with van der Waals surface area (Å²) in [5, 5.41) is 13.9. The normalized spacial score (nSPS) is 13.4. The molecule has 0 radical (unpaired) electrons. The van der Waals surface area contributed by atoms with Gasteiger partial charge < -0.3 is 10.4 Å². The fourth-order valence-corrected chi connectivity index (χ4v) is 2.42. The van der Waals surface area contributed by atoms with Gasteiger partial charge in [-0.25, -0.2) is 0 Å². The summed E-state index contributed by atoms with van der Waals surface area (Å²) in [5.41, 5.74) is 0.732. The average molecular weight is 318 g/mol. The monoisotopic (exact) mass is 317 g/mol. The van der Waals surface area contributed by atoms with Gasteiger partial charge in [-0.15, -0.1) is 0 Å². The molecule has 0 aliphatic rings. The maximum Gasteiger partial charge on any atom is 0.220 e. The number of hydrogen-bond donors (Lipinski definition) is 2. The van der Waals surface area contributed by atoms with Crippen LogP contribution in [0.15, 0.2) is 54.6 Å². The molecule has 1 atom stereocenters. The van der Waals surface area contributed by atoms with Crippen LogP contribution in [0.2, 0.25) is 5.02 Å². The molecule has 0 fully saturated rings. The molecule has 0 saturated carbocycles. The molecular weight excluding hydrogens is 298 g/mol. The van der Waals surface area contributed by atoms with Crippen LogP contribution in [-0.4, -0.2) is 17.6 Å². The number of halogens is 1. The van der Waals surface area contributed by atoms with Crippen LogP contribution in [-0.2, 0) is 16.8 Å². The van der Waals surface area contributed by atoms with E-state index in [1.54, 1.807) is 6.92 Å². The fraction of sp³-hybridized carbons (Fsp3) is 0.278. The van der Waals surface area contributed by atoms with Crippen LogP contribution in [0.25, 0.3) is 0 Å². The second-order valence-electron chi connectivity index (χ2n) is 5.55. The molecule has 0 aliphatic heterocycles. The van der Waals surface area contributed by atoms with Crippen LogP contribution >= 0.6 is 11.6 Å². The van der Waals surface area contributed by atoms with Gasteiger partial charge in [0, 0.05) is 11.4 Å². The van der Waals surface area contributed by atoms with E-state index in [1.807, 2.05) is 54.6 Å². The van der Waals surface area contributed by atoms with Crippen molar-refractivity contribution in [3.8, 4) is 0 Å². The number of rotatable bonds is 6. The Hall–Kier alpha value is -1.84. The van der Waals surface area contributed by atoms with E-state index in [1.165, 1.54) is 0 Å². The van der Waals surface area contributed by atoms with Crippen molar-refractivity contribution in [2.24, 2.45) is 0 Å². The molecule has 0 spiro atoms. The first-order chi connectivity index (χ1) is 10.5. The van der Waals surface area contributed by atoms with E-state index in [9.17, 15) is 9.90 Å². The Bertz CT molecular complexity index is 626. The smallest absolute Gasteiger partial charge is 0.220 e. The van der Waals surface area contributed by atoms with E-state index in [4.69, 9.17) is 11.6 Å². The van der Waals surface area contributed by atoms with Crippen LogP contribution in [0.5, 0.6) is 0 Å². The zero-order valence-corrected chi connectivity index (χ0v) is 13.3. The maximum atomic E-state index is 11.9. The van der Waals surface area contributed by atoms with E-state index >= 15 is 0 Å². The number of carbonyl (C=O) groups excluding carboxylic acids is 1. The highest BCUT2D eigenvalue weighted by Crippen LogP contribution is 2.19. The summed E-state index contributed by atoms with van der Waals surface area (Å²) in [5.74, 6) is -0.0869. The lowest BCUT2D eigenvalue weighted by Gasteiger charge is -2.24. The summed E-state index contributed by atoms with van der Waals surface area (Å²) in [7, 11) is 0. The van der Waals surface area contributed by atoms with E-state index in [0.29, 0.717) is 17.9 Å². The van der Waals surface area contributed by atoms with Crippen molar-refractivity contribution >= 4 is 17.5 Å². The lowest BCUT2D eigenvalue weighted by Crippen LogP contribution is -2.38. The van der Waals surface area contributed by atoms with Gasteiger partial charge in [-0.3, -0.25) is 4.79 Å². The van der Waals surface area contributed by atoms with Crippen molar-refractivity contribution in [3.05, 3.63) is 70.7 Å². The van der Waals surface area contributed by atoms with Gasteiger partial charge in [-0.2, -0.15) is 0 Å². The molecule has 2 aromatic carbocycles. The number of benzene rings is 2. The highest BCUT2D eigenvalue weighted by atomic mass is 35.5. The van der Waals surface area contributed by atoms with Gasteiger partial charge >= 0.3 is 0 Å². The van der Waals surface area contributed by atoms with Gasteiger partial charge in [0.05, 0.1) is 6.54 Å². The van der Waals surface area contributed by atoms with Crippen molar-refractivity contribution in [3.63, 3.8) is 0 Å². The summed E-state index contributed by atoms with van der Waals surface area (Å²) < 4.78 is 0. The Morgan fingerprint density at radius 3 is 2.59 bits per heavy atom. The lowest BCUT2D eigenvalue weighted by atomic mass is 9.96. The number of hydrogen-bond acceptors (Lipinski definition) is 2. The Balaban J connectivity index is 1.82. The Kier molecular flexibility index (Phi) is 5.58. The Morgan fingerprint density at radius 2 is 1.91 bits per heavy atom. The summed E-state index contributed by atoms with van der Waals surface area (Å²) >= 11 is 5.92. The summed E-state index contributed by atoms with van der Waals surface area (Å²) in [6.07, 6.45) is 0.991. The molecule has 22 heavy (non-hydrogen) atoms. The molecule has 1 amide bonds. The van der Waals surface area contributed by atoms with Gasteiger partial charge in [0.25, 0.3) is 0 Å². The zero-order chi connectivity index (χ0) is 16.0. The first kappa shape index (κ1) is 16.5. The van der Waals surface area contributed by atoms with Gasteiger partial charge in [-0.1, -0.05) is 54.1 Å². The van der Waals surface area contributed by atoms with Crippen molar-refractivity contribution in [1.82, 2.24) is 5.32 Å². The minimum absolute atomic E-state index is 0.0869. The third-order valence-corrected chi connectivity index (χ3v) is 3.79. The molecule has 0 saturated heterocycles. The molecular formula is C18H20ClNO2. The lowest BCUT2D eigenvalue weighted by molar-refractivity contribution is -0.122. The predicted octanol–water partition coefficient (Wildman–Crippen LogP) is 3.30. The molecule has 3 nitrogen and oxygen atoms in total. The van der Waals surface area contributed by atoms with Gasteiger partial charge in [0.2, 0.25) is 5.91 Å². The van der Waals surface area contributed by atoms with Crippen molar-refractivity contribution in [2.75, 3.05) is 6.54 Å². The van der Waals surface area contributed by atoms with Gasteiger partial charge in [0.15, 0.2) is 0 Å². The number of amides is 1. The first-order valence-electron chi connectivity index (χ1n) is 7.26. The minimum Gasteiger partial charge on any atom is -0.384 e. The highest BCUT2D eigenvalue weighted by Gasteiger charge is 2.23. The molecule has 0 heterocycles. The molecule has 0 bridgehead atoms. The topological polar surface area (TPSA) is 49.3 Å². The van der Waals surface area contributed by atoms with Crippen LogP contribution in [0, 0.1) is 0 Å². The standard InChI is InChI=1S/C18H20ClNO2/c1-18(22,15-7-3-2-4-8-15)13-20-17(21)11-10-14-6-5-9-16(19)12-14/h2-9,12,22H,10-11,13H2,1H3,(H,20,21). The molecule has 116 valence electrons.